The quantitative estimate of drug-likeness (QED) is 0.556. The first-order valence-corrected chi connectivity index (χ1v) is 8.24. The fourth-order valence-electron chi connectivity index (χ4n) is 2.90. The maximum atomic E-state index is 14.5. The molecule has 0 radical (unpaired) electrons. The maximum absolute atomic E-state index is 14.5. The summed E-state index contributed by atoms with van der Waals surface area (Å²) in [6.07, 6.45) is -1.43. The summed E-state index contributed by atoms with van der Waals surface area (Å²) < 4.78 is 68.8. The van der Waals surface area contributed by atoms with E-state index in [4.69, 9.17) is 11.6 Å². The van der Waals surface area contributed by atoms with Crippen LogP contribution in [0.2, 0.25) is 0 Å². The van der Waals surface area contributed by atoms with Gasteiger partial charge in [0.2, 0.25) is 0 Å². The van der Waals surface area contributed by atoms with Crippen molar-refractivity contribution >= 4 is 22.9 Å². The first-order chi connectivity index (χ1) is 12.8. The van der Waals surface area contributed by atoms with E-state index in [1.807, 2.05) is 0 Å². The van der Waals surface area contributed by atoms with Gasteiger partial charge < -0.3 is 4.90 Å². The van der Waals surface area contributed by atoms with Gasteiger partial charge in [0.1, 0.15) is 17.5 Å². The fourth-order valence-corrected chi connectivity index (χ4v) is 3.11. The molecule has 0 fully saturated rings. The highest BCUT2D eigenvalue weighted by Gasteiger charge is 2.31. The molecule has 2 aromatic carbocycles. The highest BCUT2D eigenvalue weighted by molar-refractivity contribution is 6.33. The van der Waals surface area contributed by atoms with Gasteiger partial charge in [0.05, 0.1) is 28.5 Å². The van der Waals surface area contributed by atoms with Gasteiger partial charge in [-0.25, -0.2) is 22.0 Å². The number of hydrogen-bond acceptors (Lipinski definition) is 1. The molecule has 0 aliphatic carbocycles. The van der Waals surface area contributed by atoms with Crippen LogP contribution < -0.4 is 0 Å². The molecule has 0 amide bonds. The highest BCUT2D eigenvalue weighted by atomic mass is 35.5. The monoisotopic (exact) mass is 397 g/mol. The van der Waals surface area contributed by atoms with Crippen molar-refractivity contribution in [3.05, 3.63) is 94.4 Å². The summed E-state index contributed by atoms with van der Waals surface area (Å²) >= 11 is 6.14. The van der Waals surface area contributed by atoms with Crippen molar-refractivity contribution < 1.29 is 22.0 Å². The molecule has 3 rings (SSSR count). The molecular formula is C20H13ClF5N. The van der Waals surface area contributed by atoms with Crippen LogP contribution in [0.5, 0.6) is 0 Å². The lowest BCUT2D eigenvalue weighted by Crippen LogP contribution is -2.30. The number of rotatable bonds is 4. The average molecular weight is 398 g/mol. The summed E-state index contributed by atoms with van der Waals surface area (Å²) in [7, 11) is 0. The predicted molar refractivity (Wildman–Crippen MR) is 95.4 cm³/mol. The summed E-state index contributed by atoms with van der Waals surface area (Å²) in [6.45, 7) is 2.77. The topological polar surface area (TPSA) is 3.24 Å². The Bertz CT molecular complexity index is 927. The Morgan fingerprint density at radius 1 is 1.00 bits per heavy atom. The lowest BCUT2D eigenvalue weighted by Gasteiger charge is -2.34. The van der Waals surface area contributed by atoms with Crippen molar-refractivity contribution in [2.45, 2.75) is 6.43 Å². The Morgan fingerprint density at radius 3 is 2.15 bits per heavy atom. The van der Waals surface area contributed by atoms with Crippen molar-refractivity contribution in [3.63, 3.8) is 0 Å². The summed E-state index contributed by atoms with van der Waals surface area (Å²) in [5.74, 6) is -3.54. The first-order valence-electron chi connectivity index (χ1n) is 7.86. The molecule has 140 valence electrons. The molecule has 0 bridgehead atoms. The van der Waals surface area contributed by atoms with Crippen LogP contribution in [0.15, 0.2) is 65.8 Å². The van der Waals surface area contributed by atoms with E-state index in [9.17, 15) is 22.0 Å². The second-order valence-electron chi connectivity index (χ2n) is 5.81. The van der Waals surface area contributed by atoms with E-state index >= 15 is 0 Å². The second kappa shape index (κ2) is 7.56. The summed E-state index contributed by atoms with van der Waals surface area (Å²) in [5.41, 5.74) is -0.128. The van der Waals surface area contributed by atoms with Gasteiger partial charge in [0.15, 0.2) is 0 Å². The van der Waals surface area contributed by atoms with Crippen LogP contribution in [0.3, 0.4) is 0 Å². The molecule has 2 aromatic rings. The van der Waals surface area contributed by atoms with Crippen molar-refractivity contribution in [2.75, 3.05) is 6.54 Å². The van der Waals surface area contributed by atoms with Crippen molar-refractivity contribution in [1.82, 2.24) is 4.90 Å². The highest BCUT2D eigenvalue weighted by Crippen LogP contribution is 2.42. The van der Waals surface area contributed by atoms with E-state index in [1.54, 1.807) is 30.3 Å². The van der Waals surface area contributed by atoms with Gasteiger partial charge in [-0.05, 0) is 11.6 Å². The number of halogens is 6. The third-order valence-corrected chi connectivity index (χ3v) is 4.37. The molecule has 0 atom stereocenters. The zero-order valence-electron chi connectivity index (χ0n) is 13.8. The van der Waals surface area contributed by atoms with Gasteiger partial charge >= 0.3 is 0 Å². The molecular weight excluding hydrogens is 385 g/mol. The number of benzene rings is 2. The van der Waals surface area contributed by atoms with Crippen LogP contribution in [0.25, 0.3) is 11.3 Å². The molecule has 0 saturated heterocycles. The van der Waals surface area contributed by atoms with E-state index in [1.165, 1.54) is 6.08 Å². The van der Waals surface area contributed by atoms with Crippen LogP contribution in [0, 0.1) is 17.5 Å². The van der Waals surface area contributed by atoms with E-state index in [0.29, 0.717) is 17.7 Å². The van der Waals surface area contributed by atoms with Gasteiger partial charge in [-0.2, -0.15) is 0 Å². The van der Waals surface area contributed by atoms with Crippen molar-refractivity contribution in [1.29, 1.82) is 0 Å². The minimum Gasteiger partial charge on any atom is -0.334 e. The minimum atomic E-state index is -2.83. The van der Waals surface area contributed by atoms with Gasteiger partial charge in [-0.1, -0.05) is 48.5 Å². The number of allylic oxidation sites excluding steroid dienone is 3. The molecule has 27 heavy (non-hydrogen) atoms. The normalized spacial score (nSPS) is 14.9. The number of nitrogens with zero attached hydrogens (tertiary/aromatic N) is 1. The second-order valence-corrected chi connectivity index (χ2v) is 6.22. The van der Waals surface area contributed by atoms with Gasteiger partial charge in [0, 0.05) is 17.7 Å². The molecule has 0 saturated carbocycles. The molecule has 1 heterocycles. The van der Waals surface area contributed by atoms with E-state index in [2.05, 4.69) is 6.58 Å². The Morgan fingerprint density at radius 2 is 1.59 bits per heavy atom. The standard InChI is InChI=1S/C20H13ClF5N/c1-11-15(21)9-14(12-5-3-2-4-6-12)20(27(11)10-18(25)26)19-16(23)7-13(22)8-17(19)24/h2-9,18H,1,10H2. The smallest absolute Gasteiger partial charge is 0.256 e. The fraction of sp³-hybridized carbons (Fsp3) is 0.100. The van der Waals surface area contributed by atoms with Crippen LogP contribution >= 0.6 is 11.6 Å². The van der Waals surface area contributed by atoms with Crippen molar-refractivity contribution in [2.24, 2.45) is 0 Å². The molecule has 7 heteroatoms. The first kappa shape index (κ1) is 19.2. The third kappa shape index (κ3) is 3.76. The zero-order valence-corrected chi connectivity index (χ0v) is 14.6. The molecule has 1 aliphatic heterocycles. The Kier molecular flexibility index (Phi) is 5.37. The van der Waals surface area contributed by atoms with Crippen LogP contribution in [0.1, 0.15) is 11.1 Å². The van der Waals surface area contributed by atoms with Crippen molar-refractivity contribution in [3.8, 4) is 0 Å². The Labute approximate surface area is 157 Å². The van der Waals surface area contributed by atoms with Gasteiger partial charge in [-0.15, -0.1) is 0 Å². The molecule has 0 aromatic heterocycles. The Balaban J connectivity index is 2.36. The lowest BCUT2D eigenvalue weighted by molar-refractivity contribution is 0.123. The van der Waals surface area contributed by atoms with Crippen LogP contribution in [0.4, 0.5) is 22.0 Å². The molecule has 1 aliphatic rings. The zero-order chi connectivity index (χ0) is 19.7. The SMILES string of the molecule is C=C1C(Cl)=CC(c2ccccc2)=C(c2c(F)cc(F)cc2F)N1CC(F)F. The minimum absolute atomic E-state index is 0.0326. The number of hydrogen-bond donors (Lipinski definition) is 0. The van der Waals surface area contributed by atoms with Crippen LogP contribution in [-0.2, 0) is 0 Å². The molecule has 0 spiro atoms. The van der Waals surface area contributed by atoms with Gasteiger partial charge in [0.25, 0.3) is 6.43 Å². The number of alkyl halides is 2. The molecule has 0 N–H and O–H groups in total. The predicted octanol–water partition coefficient (Wildman–Crippen LogP) is 6.19. The largest absolute Gasteiger partial charge is 0.334 e. The van der Waals surface area contributed by atoms with E-state index < -0.39 is 36.0 Å². The lowest BCUT2D eigenvalue weighted by atomic mass is 9.94. The van der Waals surface area contributed by atoms with Crippen LogP contribution in [-0.4, -0.2) is 17.9 Å². The third-order valence-electron chi connectivity index (χ3n) is 4.05. The Hall–Kier alpha value is -2.60. The maximum Gasteiger partial charge on any atom is 0.256 e. The molecule has 1 nitrogen and oxygen atoms in total. The summed E-state index contributed by atoms with van der Waals surface area (Å²) in [6, 6.07) is 9.37. The average Bonchev–Trinajstić information content (AvgIpc) is 2.60. The summed E-state index contributed by atoms with van der Waals surface area (Å²) in [4.78, 5) is 0.953. The van der Waals surface area contributed by atoms with Gasteiger partial charge in [-0.3, -0.25) is 0 Å². The summed E-state index contributed by atoms with van der Waals surface area (Å²) in [5, 5.41) is 0.0566. The molecule has 0 unspecified atom stereocenters. The van der Waals surface area contributed by atoms with E-state index in [0.717, 1.165) is 4.90 Å². The van der Waals surface area contributed by atoms with E-state index in [-0.39, 0.29) is 22.0 Å².